The summed E-state index contributed by atoms with van der Waals surface area (Å²) in [6.07, 6.45) is 0. The predicted molar refractivity (Wildman–Crippen MR) is 62.7 cm³/mol. The molecule has 0 spiro atoms. The van der Waals surface area contributed by atoms with E-state index in [4.69, 9.17) is 4.42 Å². The minimum Gasteiger partial charge on any atom is -0.404 e. The van der Waals surface area contributed by atoms with E-state index in [9.17, 15) is 10.1 Å². The Bertz CT molecular complexity index is 414. The third-order valence-electron chi connectivity index (χ3n) is 3.15. The number of nitrogens with zero attached hydrogens (tertiary/aromatic N) is 2. The highest BCUT2D eigenvalue weighted by molar-refractivity contribution is 5.18. The lowest BCUT2D eigenvalue weighted by Crippen LogP contribution is -2.57. The molecule has 1 N–H and O–H groups in total. The van der Waals surface area contributed by atoms with Crippen LogP contribution in [0.1, 0.15) is 19.6 Å². The van der Waals surface area contributed by atoms with Crippen molar-refractivity contribution in [3.63, 3.8) is 0 Å². The minimum absolute atomic E-state index is 0.0415. The summed E-state index contributed by atoms with van der Waals surface area (Å²) in [6, 6.07) is 3.08. The van der Waals surface area contributed by atoms with Crippen molar-refractivity contribution in [1.29, 1.82) is 0 Å². The number of furan rings is 1. The van der Waals surface area contributed by atoms with Crippen LogP contribution < -0.4 is 5.32 Å². The van der Waals surface area contributed by atoms with Gasteiger partial charge in [0.1, 0.15) is 10.7 Å². The average molecular weight is 239 g/mol. The van der Waals surface area contributed by atoms with Crippen molar-refractivity contribution < 1.29 is 9.34 Å². The zero-order valence-corrected chi connectivity index (χ0v) is 10.1. The summed E-state index contributed by atoms with van der Waals surface area (Å²) < 4.78 is 5.18. The van der Waals surface area contributed by atoms with Crippen molar-refractivity contribution in [2.24, 2.45) is 0 Å². The summed E-state index contributed by atoms with van der Waals surface area (Å²) in [5.41, 5.74) is 0.0415. The monoisotopic (exact) mass is 239 g/mol. The van der Waals surface area contributed by atoms with Crippen molar-refractivity contribution >= 4 is 5.88 Å². The van der Waals surface area contributed by atoms with Gasteiger partial charge in [-0.3, -0.25) is 15.0 Å². The molecule has 1 aliphatic rings. The van der Waals surface area contributed by atoms with E-state index in [1.54, 1.807) is 6.07 Å². The summed E-state index contributed by atoms with van der Waals surface area (Å²) in [5, 5.41) is 13.9. The molecule has 6 nitrogen and oxygen atoms in total. The molecule has 0 bridgehead atoms. The van der Waals surface area contributed by atoms with Crippen LogP contribution in [0.4, 0.5) is 5.88 Å². The van der Waals surface area contributed by atoms with Gasteiger partial charge < -0.3 is 9.73 Å². The maximum absolute atomic E-state index is 10.5. The van der Waals surface area contributed by atoms with Crippen molar-refractivity contribution in [3.8, 4) is 0 Å². The van der Waals surface area contributed by atoms with E-state index in [1.807, 2.05) is 0 Å². The van der Waals surface area contributed by atoms with Crippen LogP contribution >= 0.6 is 0 Å². The van der Waals surface area contributed by atoms with E-state index in [0.717, 1.165) is 19.6 Å². The zero-order chi connectivity index (χ0) is 12.5. The molecule has 94 valence electrons. The van der Waals surface area contributed by atoms with Gasteiger partial charge in [-0.05, 0) is 19.9 Å². The third kappa shape index (κ3) is 2.65. The average Bonchev–Trinajstić information content (AvgIpc) is 2.70. The SMILES string of the molecule is CC1(C)CNCCN1Cc1ccc([N+](=O)[O-])o1. The first-order valence-corrected chi connectivity index (χ1v) is 5.68. The van der Waals surface area contributed by atoms with Crippen LogP contribution in [0.2, 0.25) is 0 Å². The summed E-state index contributed by atoms with van der Waals surface area (Å²) >= 11 is 0. The summed E-state index contributed by atoms with van der Waals surface area (Å²) in [4.78, 5) is 12.3. The molecule has 0 aliphatic carbocycles. The Hall–Kier alpha value is -1.40. The molecule has 0 amide bonds. The molecule has 0 radical (unpaired) electrons. The van der Waals surface area contributed by atoms with Crippen molar-refractivity contribution in [3.05, 3.63) is 28.0 Å². The van der Waals surface area contributed by atoms with Gasteiger partial charge in [-0.1, -0.05) is 0 Å². The maximum Gasteiger partial charge on any atom is 0.433 e. The second kappa shape index (κ2) is 4.46. The van der Waals surface area contributed by atoms with E-state index >= 15 is 0 Å². The number of nitrogens with one attached hydrogen (secondary N) is 1. The van der Waals surface area contributed by atoms with E-state index in [1.165, 1.54) is 6.07 Å². The molecule has 0 aromatic carbocycles. The van der Waals surface area contributed by atoms with Crippen molar-refractivity contribution in [1.82, 2.24) is 10.2 Å². The van der Waals surface area contributed by atoms with Gasteiger partial charge in [-0.2, -0.15) is 0 Å². The van der Waals surface area contributed by atoms with Gasteiger partial charge in [0, 0.05) is 25.2 Å². The van der Waals surface area contributed by atoms with Gasteiger partial charge in [-0.25, -0.2) is 0 Å². The first-order chi connectivity index (χ1) is 7.99. The lowest BCUT2D eigenvalue weighted by molar-refractivity contribution is -0.402. The van der Waals surface area contributed by atoms with Gasteiger partial charge in [0.25, 0.3) is 0 Å². The molecule has 1 aliphatic heterocycles. The fourth-order valence-corrected chi connectivity index (χ4v) is 2.05. The van der Waals surface area contributed by atoms with E-state index in [-0.39, 0.29) is 11.4 Å². The lowest BCUT2D eigenvalue weighted by Gasteiger charge is -2.42. The van der Waals surface area contributed by atoms with Gasteiger partial charge in [0.15, 0.2) is 0 Å². The molecule has 6 heteroatoms. The Morgan fingerprint density at radius 3 is 2.94 bits per heavy atom. The van der Waals surface area contributed by atoms with Crippen molar-refractivity contribution in [2.45, 2.75) is 25.9 Å². The number of hydrogen-bond donors (Lipinski definition) is 1. The number of hydrogen-bond acceptors (Lipinski definition) is 5. The van der Waals surface area contributed by atoms with Gasteiger partial charge in [0.2, 0.25) is 0 Å². The Balaban J connectivity index is 2.06. The molecule has 0 unspecified atom stereocenters. The highest BCUT2D eigenvalue weighted by Crippen LogP contribution is 2.22. The summed E-state index contributed by atoms with van der Waals surface area (Å²) in [6.45, 7) is 7.68. The zero-order valence-electron chi connectivity index (χ0n) is 10.1. The standard InChI is InChI=1S/C11H17N3O3/c1-11(2)8-12-5-6-13(11)7-9-3-4-10(17-9)14(15)16/h3-4,12H,5-8H2,1-2H3. The van der Waals surface area contributed by atoms with Gasteiger partial charge in [0.05, 0.1) is 12.6 Å². The second-order valence-electron chi connectivity index (χ2n) is 4.91. The number of piperazine rings is 1. The van der Waals surface area contributed by atoms with Gasteiger partial charge >= 0.3 is 5.88 Å². The fourth-order valence-electron chi connectivity index (χ4n) is 2.05. The van der Waals surface area contributed by atoms with E-state index in [0.29, 0.717) is 12.3 Å². The molecular weight excluding hydrogens is 222 g/mol. The van der Waals surface area contributed by atoms with Gasteiger partial charge in [-0.15, -0.1) is 0 Å². The highest BCUT2D eigenvalue weighted by atomic mass is 16.6. The summed E-state index contributed by atoms with van der Waals surface area (Å²) in [5.74, 6) is 0.458. The van der Waals surface area contributed by atoms with Crippen molar-refractivity contribution in [2.75, 3.05) is 19.6 Å². The molecule has 0 saturated carbocycles. The van der Waals surface area contributed by atoms with Crippen LogP contribution in [0.3, 0.4) is 0 Å². The molecule has 1 aromatic heterocycles. The van der Waals surface area contributed by atoms with Crippen LogP contribution in [0.25, 0.3) is 0 Å². The maximum atomic E-state index is 10.5. The minimum atomic E-state index is -0.508. The second-order valence-corrected chi connectivity index (χ2v) is 4.91. The molecule has 1 aromatic rings. The van der Waals surface area contributed by atoms with Crippen LogP contribution in [0.5, 0.6) is 0 Å². The number of nitro groups is 1. The largest absolute Gasteiger partial charge is 0.433 e. The Morgan fingerprint density at radius 2 is 2.35 bits per heavy atom. The molecule has 1 saturated heterocycles. The quantitative estimate of drug-likeness (QED) is 0.637. The summed E-state index contributed by atoms with van der Waals surface area (Å²) in [7, 11) is 0. The topological polar surface area (TPSA) is 71.5 Å². The molecule has 1 fully saturated rings. The smallest absolute Gasteiger partial charge is 0.404 e. The predicted octanol–water partition coefficient (Wildman–Crippen LogP) is 1.37. The van der Waals surface area contributed by atoms with E-state index < -0.39 is 4.92 Å². The molecular formula is C11H17N3O3. The fraction of sp³-hybridized carbons (Fsp3) is 0.636. The Morgan fingerprint density at radius 1 is 1.59 bits per heavy atom. The third-order valence-corrected chi connectivity index (χ3v) is 3.15. The lowest BCUT2D eigenvalue weighted by atomic mass is 10.00. The van der Waals surface area contributed by atoms with E-state index in [2.05, 4.69) is 24.1 Å². The Labute approximate surface area is 99.7 Å². The first-order valence-electron chi connectivity index (χ1n) is 5.68. The normalized spacial score (nSPS) is 20.4. The molecule has 2 heterocycles. The highest BCUT2D eigenvalue weighted by Gasteiger charge is 2.30. The first kappa shape index (κ1) is 12.1. The Kier molecular flexibility index (Phi) is 3.17. The van der Waals surface area contributed by atoms with Crippen LogP contribution in [0.15, 0.2) is 16.5 Å². The number of rotatable bonds is 3. The van der Waals surface area contributed by atoms with Crippen LogP contribution in [-0.4, -0.2) is 35.0 Å². The molecule has 17 heavy (non-hydrogen) atoms. The molecule has 2 rings (SSSR count). The van der Waals surface area contributed by atoms with Crippen LogP contribution in [-0.2, 0) is 6.54 Å². The van der Waals surface area contributed by atoms with Crippen LogP contribution in [0, 0.1) is 10.1 Å². The molecule has 0 atom stereocenters.